The SMILES string of the molecule is COc1cc(C(=O)C2=CC=C/C2=C(/O)c2cc(OC)c(OC)c(OC)c2)cc(OC)c1OC. The fourth-order valence-electron chi connectivity index (χ4n) is 3.57. The molecule has 8 nitrogen and oxygen atoms in total. The number of aliphatic hydroxyl groups is 1. The zero-order valence-corrected chi connectivity index (χ0v) is 19.3. The van der Waals surface area contributed by atoms with Crippen molar-refractivity contribution in [1.29, 1.82) is 0 Å². The number of carbonyl (C=O) groups is 1. The summed E-state index contributed by atoms with van der Waals surface area (Å²) in [5.41, 5.74) is 1.36. The van der Waals surface area contributed by atoms with Crippen LogP contribution in [-0.4, -0.2) is 53.5 Å². The van der Waals surface area contributed by atoms with E-state index in [1.807, 2.05) is 0 Å². The summed E-state index contributed by atoms with van der Waals surface area (Å²) in [6.45, 7) is 0. The van der Waals surface area contributed by atoms with Crippen LogP contribution in [0.3, 0.4) is 0 Å². The highest BCUT2D eigenvalue weighted by Gasteiger charge is 2.25. The molecule has 0 saturated carbocycles. The zero-order valence-electron chi connectivity index (χ0n) is 19.3. The van der Waals surface area contributed by atoms with E-state index in [1.165, 1.54) is 42.7 Å². The first kappa shape index (κ1) is 23.6. The van der Waals surface area contributed by atoms with E-state index in [-0.39, 0.29) is 11.5 Å². The minimum Gasteiger partial charge on any atom is -0.507 e. The lowest BCUT2D eigenvalue weighted by atomic mass is 9.95. The van der Waals surface area contributed by atoms with E-state index in [0.717, 1.165) is 0 Å². The average molecular weight is 454 g/mol. The maximum absolute atomic E-state index is 13.4. The fourth-order valence-corrected chi connectivity index (χ4v) is 3.57. The molecule has 1 aliphatic rings. The highest BCUT2D eigenvalue weighted by Crippen LogP contribution is 2.42. The van der Waals surface area contributed by atoms with Gasteiger partial charge in [-0.25, -0.2) is 0 Å². The third kappa shape index (κ3) is 4.32. The Balaban J connectivity index is 2.08. The van der Waals surface area contributed by atoms with E-state index in [1.54, 1.807) is 42.5 Å². The van der Waals surface area contributed by atoms with Crippen LogP contribution in [0.15, 0.2) is 53.6 Å². The molecule has 1 N–H and O–H groups in total. The van der Waals surface area contributed by atoms with Gasteiger partial charge in [-0.05, 0) is 24.3 Å². The summed E-state index contributed by atoms with van der Waals surface area (Å²) < 4.78 is 32.1. The molecule has 0 atom stereocenters. The van der Waals surface area contributed by atoms with Crippen LogP contribution in [0.4, 0.5) is 0 Å². The molecule has 174 valence electrons. The number of allylic oxidation sites excluding steroid dienone is 5. The first-order chi connectivity index (χ1) is 15.9. The van der Waals surface area contributed by atoms with Gasteiger partial charge in [-0.3, -0.25) is 4.79 Å². The number of ketones is 1. The van der Waals surface area contributed by atoms with Crippen molar-refractivity contribution in [3.63, 3.8) is 0 Å². The minimum atomic E-state index is -0.326. The summed E-state index contributed by atoms with van der Waals surface area (Å²) in [5, 5.41) is 11.1. The molecular formula is C25H26O8. The molecule has 0 spiro atoms. The Morgan fingerprint density at radius 1 is 0.667 bits per heavy atom. The summed E-state index contributed by atoms with van der Waals surface area (Å²) in [7, 11) is 8.91. The van der Waals surface area contributed by atoms with E-state index in [4.69, 9.17) is 28.4 Å². The van der Waals surface area contributed by atoms with E-state index in [2.05, 4.69) is 0 Å². The minimum absolute atomic E-state index is 0.116. The molecule has 0 saturated heterocycles. The Hall–Kier alpha value is -4.07. The number of Topliss-reactive ketones (excluding diaryl/α,β-unsaturated/α-hetero) is 1. The number of aliphatic hydroxyl groups excluding tert-OH is 1. The second kappa shape index (κ2) is 10.0. The third-order valence-corrected chi connectivity index (χ3v) is 5.18. The normalized spacial score (nSPS) is 13.8. The monoisotopic (exact) mass is 454 g/mol. The van der Waals surface area contributed by atoms with Crippen molar-refractivity contribution in [3.05, 3.63) is 64.8 Å². The first-order valence-corrected chi connectivity index (χ1v) is 9.91. The molecule has 0 aliphatic heterocycles. The largest absolute Gasteiger partial charge is 0.507 e. The molecular weight excluding hydrogens is 428 g/mol. The van der Waals surface area contributed by atoms with Crippen LogP contribution in [0.25, 0.3) is 5.76 Å². The lowest BCUT2D eigenvalue weighted by molar-refractivity contribution is 0.103. The van der Waals surface area contributed by atoms with Gasteiger partial charge in [0.1, 0.15) is 5.76 Å². The van der Waals surface area contributed by atoms with Crippen molar-refractivity contribution in [3.8, 4) is 34.5 Å². The number of hydrogen-bond acceptors (Lipinski definition) is 8. The van der Waals surface area contributed by atoms with Gasteiger partial charge in [0.05, 0.1) is 42.7 Å². The third-order valence-electron chi connectivity index (χ3n) is 5.18. The Morgan fingerprint density at radius 2 is 1.09 bits per heavy atom. The Bertz CT molecular complexity index is 1110. The molecule has 33 heavy (non-hydrogen) atoms. The van der Waals surface area contributed by atoms with Crippen LogP contribution < -0.4 is 28.4 Å². The predicted octanol–water partition coefficient (Wildman–Crippen LogP) is 4.39. The summed E-state index contributed by atoms with van der Waals surface area (Å²) in [6, 6.07) is 6.35. The van der Waals surface area contributed by atoms with Crippen LogP contribution in [0.1, 0.15) is 15.9 Å². The molecule has 1 aliphatic carbocycles. The van der Waals surface area contributed by atoms with Gasteiger partial charge in [-0.15, -0.1) is 0 Å². The van der Waals surface area contributed by atoms with Gasteiger partial charge < -0.3 is 33.5 Å². The molecule has 2 aromatic rings. The molecule has 0 radical (unpaired) electrons. The summed E-state index contributed by atoms with van der Waals surface area (Å²) >= 11 is 0. The van der Waals surface area contributed by atoms with Crippen LogP contribution in [0, 0.1) is 0 Å². The number of ether oxygens (including phenoxy) is 6. The van der Waals surface area contributed by atoms with E-state index in [9.17, 15) is 9.90 Å². The second-order valence-electron chi connectivity index (χ2n) is 6.86. The molecule has 8 heteroatoms. The summed E-state index contributed by atoms with van der Waals surface area (Å²) in [4.78, 5) is 13.4. The van der Waals surface area contributed by atoms with Crippen molar-refractivity contribution in [2.24, 2.45) is 0 Å². The van der Waals surface area contributed by atoms with Gasteiger partial charge >= 0.3 is 0 Å². The van der Waals surface area contributed by atoms with Gasteiger partial charge in [0.15, 0.2) is 28.8 Å². The van der Waals surface area contributed by atoms with Gasteiger partial charge in [0, 0.05) is 22.3 Å². The Morgan fingerprint density at radius 3 is 1.48 bits per heavy atom. The van der Waals surface area contributed by atoms with E-state index >= 15 is 0 Å². The van der Waals surface area contributed by atoms with E-state index < -0.39 is 0 Å². The van der Waals surface area contributed by atoms with Gasteiger partial charge in [-0.1, -0.05) is 18.2 Å². The number of methoxy groups -OCH3 is 6. The van der Waals surface area contributed by atoms with Crippen molar-refractivity contribution < 1.29 is 38.3 Å². The van der Waals surface area contributed by atoms with Gasteiger partial charge in [-0.2, -0.15) is 0 Å². The lowest BCUT2D eigenvalue weighted by Gasteiger charge is -2.16. The highest BCUT2D eigenvalue weighted by atomic mass is 16.5. The molecule has 3 rings (SSSR count). The fraction of sp³-hybridized carbons (Fsp3) is 0.240. The second-order valence-corrected chi connectivity index (χ2v) is 6.86. The molecule has 0 heterocycles. The zero-order chi connectivity index (χ0) is 24.1. The maximum atomic E-state index is 13.4. The van der Waals surface area contributed by atoms with Crippen LogP contribution in [0.5, 0.6) is 34.5 Å². The molecule has 2 aromatic carbocycles. The number of rotatable bonds is 9. The first-order valence-electron chi connectivity index (χ1n) is 9.91. The van der Waals surface area contributed by atoms with Gasteiger partial charge in [0.2, 0.25) is 11.5 Å². The van der Waals surface area contributed by atoms with Crippen molar-refractivity contribution in [1.82, 2.24) is 0 Å². The molecule has 0 bridgehead atoms. The summed E-state index contributed by atoms with van der Waals surface area (Å²) in [5.74, 6) is 1.80. The number of benzene rings is 2. The van der Waals surface area contributed by atoms with Crippen molar-refractivity contribution in [2.45, 2.75) is 0 Å². The molecule has 0 unspecified atom stereocenters. The summed E-state index contributed by atoms with van der Waals surface area (Å²) in [6.07, 6.45) is 4.98. The lowest BCUT2D eigenvalue weighted by Crippen LogP contribution is -2.07. The quantitative estimate of drug-likeness (QED) is 0.441. The van der Waals surface area contributed by atoms with Crippen molar-refractivity contribution in [2.75, 3.05) is 42.7 Å². The Labute approximate surface area is 192 Å². The number of carbonyl (C=O) groups excluding carboxylic acids is 1. The molecule has 0 fully saturated rings. The Kier molecular flexibility index (Phi) is 7.17. The van der Waals surface area contributed by atoms with Crippen LogP contribution >= 0.6 is 0 Å². The highest BCUT2D eigenvalue weighted by molar-refractivity contribution is 6.14. The molecule has 0 aromatic heterocycles. The van der Waals surface area contributed by atoms with Crippen LogP contribution in [-0.2, 0) is 0 Å². The van der Waals surface area contributed by atoms with Crippen molar-refractivity contribution >= 4 is 11.5 Å². The topological polar surface area (TPSA) is 92.7 Å². The average Bonchev–Trinajstić information content (AvgIpc) is 3.35. The maximum Gasteiger partial charge on any atom is 0.203 e. The number of hydrogen-bond donors (Lipinski definition) is 1. The molecule has 0 amide bonds. The predicted molar refractivity (Wildman–Crippen MR) is 123 cm³/mol. The standard InChI is InChI=1S/C25H26O8/c1-28-18-10-14(11-19(29-2)24(18)32-5)22(26)16-8-7-9-17(16)23(27)15-12-20(30-3)25(33-6)21(13-15)31-4/h7-13,26H,1-6H3/b22-16-. The van der Waals surface area contributed by atoms with Gasteiger partial charge in [0.25, 0.3) is 0 Å². The van der Waals surface area contributed by atoms with Crippen LogP contribution in [0.2, 0.25) is 0 Å². The van der Waals surface area contributed by atoms with E-state index in [0.29, 0.717) is 56.8 Å². The smallest absolute Gasteiger partial charge is 0.203 e.